The smallest absolute Gasteiger partial charge is 0.265 e. The third-order valence-corrected chi connectivity index (χ3v) is 2.79. The third kappa shape index (κ3) is 1.18. The Balaban J connectivity index is 2.46. The summed E-state index contributed by atoms with van der Waals surface area (Å²) in [4.78, 5) is 14.1. The highest BCUT2D eigenvalue weighted by Crippen LogP contribution is 2.25. The number of nitrogens with one attached hydrogen (secondary N) is 1. The zero-order valence-corrected chi connectivity index (χ0v) is 8.53. The van der Waals surface area contributed by atoms with E-state index in [0.29, 0.717) is 5.69 Å². The van der Waals surface area contributed by atoms with Crippen LogP contribution in [0.15, 0.2) is 42.5 Å². The zero-order chi connectivity index (χ0) is 11.1. The number of primary amides is 1. The number of fused-ring (bicyclic) bond motifs is 3. The van der Waals surface area contributed by atoms with Gasteiger partial charge in [0.05, 0.1) is 0 Å². The van der Waals surface area contributed by atoms with Crippen molar-refractivity contribution in [1.82, 2.24) is 4.98 Å². The van der Waals surface area contributed by atoms with Crippen molar-refractivity contribution in [3.8, 4) is 0 Å². The lowest BCUT2D eigenvalue weighted by molar-refractivity contribution is 0.0996. The Labute approximate surface area is 91.9 Å². The van der Waals surface area contributed by atoms with Crippen LogP contribution in [0.25, 0.3) is 21.7 Å². The van der Waals surface area contributed by atoms with E-state index in [-0.39, 0.29) is 0 Å². The van der Waals surface area contributed by atoms with Gasteiger partial charge in [0.1, 0.15) is 5.69 Å². The quantitative estimate of drug-likeness (QED) is 0.636. The molecule has 0 radical (unpaired) electrons. The Morgan fingerprint density at radius 1 is 1.06 bits per heavy atom. The first kappa shape index (κ1) is 8.97. The topological polar surface area (TPSA) is 58.9 Å². The number of aromatic nitrogens is 1. The Kier molecular flexibility index (Phi) is 1.74. The van der Waals surface area contributed by atoms with E-state index < -0.39 is 5.91 Å². The van der Waals surface area contributed by atoms with Gasteiger partial charge in [-0.25, -0.2) is 0 Å². The predicted octanol–water partition coefficient (Wildman–Crippen LogP) is 2.42. The predicted molar refractivity (Wildman–Crippen MR) is 64.3 cm³/mol. The maximum atomic E-state index is 11.1. The van der Waals surface area contributed by atoms with Gasteiger partial charge in [-0.3, -0.25) is 4.79 Å². The molecule has 0 spiro atoms. The molecule has 16 heavy (non-hydrogen) atoms. The van der Waals surface area contributed by atoms with Crippen molar-refractivity contribution in [2.75, 3.05) is 0 Å². The van der Waals surface area contributed by atoms with Gasteiger partial charge in [0.2, 0.25) is 0 Å². The minimum absolute atomic E-state index is 0.430. The van der Waals surface area contributed by atoms with Crippen LogP contribution in [0, 0.1) is 0 Å². The number of carbonyl (C=O) groups excluding carboxylic acids is 1. The molecule has 3 heteroatoms. The normalized spacial score (nSPS) is 11.0. The molecule has 1 aromatic heterocycles. The van der Waals surface area contributed by atoms with E-state index in [0.717, 1.165) is 21.7 Å². The first-order valence-corrected chi connectivity index (χ1v) is 5.06. The largest absolute Gasteiger partial charge is 0.364 e. The van der Waals surface area contributed by atoms with E-state index in [1.807, 2.05) is 36.4 Å². The van der Waals surface area contributed by atoms with Crippen LogP contribution in [-0.4, -0.2) is 10.9 Å². The van der Waals surface area contributed by atoms with Gasteiger partial charge >= 0.3 is 0 Å². The van der Waals surface area contributed by atoms with Crippen LogP contribution >= 0.6 is 0 Å². The van der Waals surface area contributed by atoms with Crippen LogP contribution in [-0.2, 0) is 0 Å². The van der Waals surface area contributed by atoms with E-state index >= 15 is 0 Å². The lowest BCUT2D eigenvalue weighted by atomic mass is 10.1. The maximum Gasteiger partial charge on any atom is 0.265 e. The number of H-pyrrole nitrogens is 1. The molecule has 0 bridgehead atoms. The van der Waals surface area contributed by atoms with E-state index in [1.54, 1.807) is 6.07 Å². The average molecular weight is 210 g/mol. The average Bonchev–Trinajstić information content (AvgIpc) is 2.73. The number of amides is 1. The van der Waals surface area contributed by atoms with Crippen molar-refractivity contribution in [2.24, 2.45) is 5.73 Å². The molecule has 0 aliphatic heterocycles. The number of aromatic amines is 1. The minimum atomic E-state index is -0.430. The number of hydrogen-bond donors (Lipinski definition) is 2. The van der Waals surface area contributed by atoms with Gasteiger partial charge in [0.25, 0.3) is 5.91 Å². The van der Waals surface area contributed by atoms with E-state index in [1.165, 1.54) is 0 Å². The number of carbonyl (C=O) groups is 1. The van der Waals surface area contributed by atoms with Crippen LogP contribution in [0.4, 0.5) is 0 Å². The molecule has 3 N–H and O–H groups in total. The number of rotatable bonds is 1. The van der Waals surface area contributed by atoms with Gasteiger partial charge in [-0.05, 0) is 22.9 Å². The fraction of sp³-hybridized carbons (Fsp3) is 0. The molecule has 1 heterocycles. The highest BCUT2D eigenvalue weighted by atomic mass is 16.1. The number of benzene rings is 2. The fourth-order valence-electron chi connectivity index (χ4n) is 2.02. The number of hydrogen-bond acceptors (Lipinski definition) is 1. The lowest BCUT2D eigenvalue weighted by Gasteiger charge is -1.97. The van der Waals surface area contributed by atoms with Crippen LogP contribution in [0.2, 0.25) is 0 Å². The molecule has 3 nitrogen and oxygen atoms in total. The standard InChI is InChI=1S/C13H10N2O/c14-13(16)12-7-10-9-4-2-1-3-8(9)5-6-11(10)15-12/h1-7,15H,(H2,14,16). The van der Waals surface area contributed by atoms with Crippen molar-refractivity contribution in [2.45, 2.75) is 0 Å². The van der Waals surface area contributed by atoms with Crippen LogP contribution in [0.3, 0.4) is 0 Å². The summed E-state index contributed by atoms with van der Waals surface area (Å²) in [5.41, 5.74) is 6.64. The van der Waals surface area contributed by atoms with Gasteiger partial charge in [0.15, 0.2) is 0 Å². The summed E-state index contributed by atoms with van der Waals surface area (Å²) < 4.78 is 0. The van der Waals surface area contributed by atoms with E-state index in [2.05, 4.69) is 4.98 Å². The molecule has 0 saturated heterocycles. The first-order valence-electron chi connectivity index (χ1n) is 5.06. The van der Waals surface area contributed by atoms with Crippen molar-refractivity contribution < 1.29 is 4.79 Å². The Bertz CT molecular complexity index is 697. The van der Waals surface area contributed by atoms with Crippen molar-refractivity contribution >= 4 is 27.6 Å². The minimum Gasteiger partial charge on any atom is -0.364 e. The van der Waals surface area contributed by atoms with Crippen LogP contribution in [0.5, 0.6) is 0 Å². The molecular formula is C13H10N2O. The molecule has 0 unspecified atom stereocenters. The molecule has 0 aliphatic rings. The van der Waals surface area contributed by atoms with Crippen molar-refractivity contribution in [3.05, 3.63) is 48.2 Å². The summed E-state index contributed by atoms with van der Waals surface area (Å²) >= 11 is 0. The van der Waals surface area contributed by atoms with E-state index in [4.69, 9.17) is 5.73 Å². The van der Waals surface area contributed by atoms with E-state index in [9.17, 15) is 4.79 Å². The summed E-state index contributed by atoms with van der Waals surface area (Å²) in [5.74, 6) is -0.430. The van der Waals surface area contributed by atoms with Crippen molar-refractivity contribution in [3.63, 3.8) is 0 Å². The molecule has 2 aromatic carbocycles. The van der Waals surface area contributed by atoms with Crippen molar-refractivity contribution in [1.29, 1.82) is 0 Å². The highest BCUT2D eigenvalue weighted by molar-refractivity contribution is 6.09. The Morgan fingerprint density at radius 3 is 2.69 bits per heavy atom. The molecular weight excluding hydrogens is 200 g/mol. The summed E-state index contributed by atoms with van der Waals surface area (Å²) in [6.07, 6.45) is 0. The second-order valence-corrected chi connectivity index (χ2v) is 3.80. The SMILES string of the molecule is NC(=O)c1cc2c(ccc3ccccc32)[nH]1. The highest BCUT2D eigenvalue weighted by Gasteiger charge is 2.07. The zero-order valence-electron chi connectivity index (χ0n) is 8.53. The summed E-state index contributed by atoms with van der Waals surface area (Å²) in [7, 11) is 0. The molecule has 3 aromatic rings. The summed E-state index contributed by atoms with van der Waals surface area (Å²) in [5, 5.41) is 3.32. The monoisotopic (exact) mass is 210 g/mol. The van der Waals surface area contributed by atoms with Gasteiger partial charge in [-0.15, -0.1) is 0 Å². The molecule has 3 rings (SSSR count). The molecule has 0 atom stereocenters. The molecule has 1 amide bonds. The lowest BCUT2D eigenvalue weighted by Crippen LogP contribution is -2.10. The second-order valence-electron chi connectivity index (χ2n) is 3.80. The fourth-order valence-corrected chi connectivity index (χ4v) is 2.02. The third-order valence-electron chi connectivity index (χ3n) is 2.79. The first-order chi connectivity index (χ1) is 7.75. The Hall–Kier alpha value is -2.29. The summed E-state index contributed by atoms with van der Waals surface area (Å²) in [6, 6.07) is 13.9. The summed E-state index contributed by atoms with van der Waals surface area (Å²) in [6.45, 7) is 0. The van der Waals surface area contributed by atoms with Crippen LogP contribution < -0.4 is 5.73 Å². The molecule has 78 valence electrons. The number of nitrogens with two attached hydrogens (primary N) is 1. The van der Waals surface area contributed by atoms with Gasteiger partial charge in [-0.2, -0.15) is 0 Å². The van der Waals surface area contributed by atoms with Gasteiger partial charge in [0, 0.05) is 10.9 Å². The second kappa shape index (κ2) is 3.10. The Morgan fingerprint density at radius 2 is 1.88 bits per heavy atom. The molecule has 0 saturated carbocycles. The van der Waals surface area contributed by atoms with Gasteiger partial charge < -0.3 is 10.7 Å². The molecule has 0 fully saturated rings. The van der Waals surface area contributed by atoms with Gasteiger partial charge in [-0.1, -0.05) is 30.3 Å². The van der Waals surface area contributed by atoms with Crippen LogP contribution in [0.1, 0.15) is 10.5 Å². The molecule has 0 aliphatic carbocycles. The maximum absolute atomic E-state index is 11.1.